The molecule has 260 valence electrons. The molecule has 0 fully saturated rings. The number of hydrogen-bond donors (Lipinski definition) is 0. The van der Waals surface area contributed by atoms with Crippen LogP contribution in [-0.4, -0.2) is 50.3 Å². The summed E-state index contributed by atoms with van der Waals surface area (Å²) in [5.41, 5.74) is 0. The van der Waals surface area contributed by atoms with Gasteiger partial charge in [-0.3, -0.25) is 19.2 Å². The molecule has 0 aromatic heterocycles. The molecule has 0 amide bonds. The summed E-state index contributed by atoms with van der Waals surface area (Å²) in [5.74, 6) is 0.0800. The minimum atomic E-state index is -0.181. The maximum atomic E-state index is 11.6. The highest BCUT2D eigenvalue weighted by Crippen LogP contribution is 2.09. The van der Waals surface area contributed by atoms with Crippen molar-refractivity contribution in [3.8, 4) is 0 Å². The molecule has 0 aliphatic heterocycles. The molecule has 0 atom stereocenters. The molecule has 0 aromatic carbocycles. The van der Waals surface area contributed by atoms with E-state index in [9.17, 15) is 19.2 Å². The Labute approximate surface area is 270 Å². The van der Waals surface area contributed by atoms with Gasteiger partial charge in [0.25, 0.3) is 0 Å². The lowest BCUT2D eigenvalue weighted by Crippen LogP contribution is -2.11. The molecule has 0 aromatic rings. The fourth-order valence-corrected chi connectivity index (χ4v) is 4.02. The Morgan fingerprint density at radius 3 is 0.955 bits per heavy atom. The number of ether oxygens (including phenoxy) is 4. The van der Waals surface area contributed by atoms with Crippen molar-refractivity contribution in [2.75, 3.05) is 26.4 Å². The van der Waals surface area contributed by atoms with Gasteiger partial charge in [0.2, 0.25) is 0 Å². The predicted octanol–water partition coefficient (Wildman–Crippen LogP) is 9.30. The molecule has 8 nitrogen and oxygen atoms in total. The lowest BCUT2D eigenvalue weighted by atomic mass is 10.1. The molecule has 0 N–H and O–H groups in total. The van der Waals surface area contributed by atoms with E-state index in [1.165, 1.54) is 51.4 Å². The van der Waals surface area contributed by atoms with Gasteiger partial charge in [-0.1, -0.05) is 106 Å². The van der Waals surface area contributed by atoms with Crippen molar-refractivity contribution in [1.29, 1.82) is 0 Å². The third-order valence-electron chi connectivity index (χ3n) is 6.70. The monoisotopic (exact) mass is 628 g/mol. The molecular formula is C36H68O8. The Balaban J connectivity index is 0. The molecular weight excluding hydrogens is 560 g/mol. The molecule has 0 aliphatic carbocycles. The van der Waals surface area contributed by atoms with Gasteiger partial charge in [0.1, 0.15) is 0 Å². The Hall–Kier alpha value is -2.12. The summed E-state index contributed by atoms with van der Waals surface area (Å²) in [6.45, 7) is 14.4. The number of esters is 4. The molecule has 0 rings (SSSR count). The van der Waals surface area contributed by atoms with Gasteiger partial charge in [-0.25, -0.2) is 0 Å². The highest BCUT2D eigenvalue weighted by atomic mass is 16.5. The lowest BCUT2D eigenvalue weighted by Gasteiger charge is -2.08. The highest BCUT2D eigenvalue weighted by molar-refractivity contribution is 5.71. The third-order valence-corrected chi connectivity index (χ3v) is 6.70. The molecule has 8 heteroatoms. The van der Waals surface area contributed by atoms with E-state index < -0.39 is 0 Å². The quantitative estimate of drug-likeness (QED) is 0.0479. The van der Waals surface area contributed by atoms with Gasteiger partial charge < -0.3 is 18.9 Å². The highest BCUT2D eigenvalue weighted by Gasteiger charge is 2.08. The van der Waals surface area contributed by atoms with Crippen LogP contribution in [0.4, 0.5) is 0 Å². The maximum absolute atomic E-state index is 11.6. The van der Waals surface area contributed by atoms with Crippen molar-refractivity contribution in [2.24, 2.45) is 11.8 Å². The van der Waals surface area contributed by atoms with E-state index in [4.69, 9.17) is 18.9 Å². The second kappa shape index (κ2) is 33.8. The summed E-state index contributed by atoms with van der Waals surface area (Å²) in [4.78, 5) is 45.7. The Bertz CT molecular complexity index is 632. The topological polar surface area (TPSA) is 105 Å². The van der Waals surface area contributed by atoms with Gasteiger partial charge in [-0.15, -0.1) is 0 Å². The normalized spacial score (nSPS) is 10.7. The van der Waals surface area contributed by atoms with Crippen molar-refractivity contribution in [1.82, 2.24) is 0 Å². The lowest BCUT2D eigenvalue weighted by molar-refractivity contribution is -0.147. The molecule has 0 spiro atoms. The van der Waals surface area contributed by atoms with Crippen LogP contribution in [-0.2, 0) is 38.1 Å². The Kier molecular flexibility index (Phi) is 33.8. The first kappa shape index (κ1) is 44.0. The zero-order chi connectivity index (χ0) is 33.3. The summed E-state index contributed by atoms with van der Waals surface area (Å²) in [5, 5.41) is 0. The number of hydrogen-bond acceptors (Lipinski definition) is 8. The molecule has 0 radical (unpaired) electrons. The average Bonchev–Trinajstić information content (AvgIpc) is 2.98. The number of carbonyl (C=O) groups excluding carboxylic acids is 4. The number of rotatable bonds is 28. The second-order valence-electron chi connectivity index (χ2n) is 12.5. The van der Waals surface area contributed by atoms with Crippen LogP contribution in [0.1, 0.15) is 170 Å². The van der Waals surface area contributed by atoms with E-state index >= 15 is 0 Å². The van der Waals surface area contributed by atoms with E-state index in [-0.39, 0.29) is 23.9 Å². The molecule has 0 heterocycles. The minimum Gasteiger partial charge on any atom is -0.466 e. The summed E-state index contributed by atoms with van der Waals surface area (Å²) in [7, 11) is 0. The standard InChI is InChI=1S/C22H42O4.C14H26O4/c1-3-5-7-9-11-15-19-25-21(23)17-13-14-18-22(24)26-20-16-12-10-8-6-4-2;1-11(2)9-17-13(15)7-5-6-8-14(16)18-10-12(3)4/h3-20H2,1-2H3;11-12H,5-10H2,1-4H3. The smallest absolute Gasteiger partial charge is 0.305 e. The summed E-state index contributed by atoms with van der Waals surface area (Å²) in [6.07, 6.45) is 18.6. The van der Waals surface area contributed by atoms with Gasteiger partial charge in [0, 0.05) is 25.7 Å². The number of unbranched alkanes of at least 4 members (excludes halogenated alkanes) is 12. The van der Waals surface area contributed by atoms with Gasteiger partial charge in [-0.05, 0) is 50.4 Å². The van der Waals surface area contributed by atoms with Crippen LogP contribution in [0, 0.1) is 11.8 Å². The fraction of sp³-hybridized carbons (Fsp3) is 0.889. The first-order valence-corrected chi connectivity index (χ1v) is 17.7. The van der Waals surface area contributed by atoms with E-state index in [1.807, 2.05) is 27.7 Å². The summed E-state index contributed by atoms with van der Waals surface area (Å²) >= 11 is 0. The van der Waals surface area contributed by atoms with Crippen LogP contribution in [0.15, 0.2) is 0 Å². The van der Waals surface area contributed by atoms with Gasteiger partial charge in [0.15, 0.2) is 0 Å². The van der Waals surface area contributed by atoms with Gasteiger partial charge in [-0.2, -0.15) is 0 Å². The van der Waals surface area contributed by atoms with Crippen molar-refractivity contribution in [3.05, 3.63) is 0 Å². The number of carbonyl (C=O) groups is 4. The molecule has 0 unspecified atom stereocenters. The fourth-order valence-electron chi connectivity index (χ4n) is 4.02. The van der Waals surface area contributed by atoms with Crippen molar-refractivity contribution < 1.29 is 38.1 Å². The van der Waals surface area contributed by atoms with E-state index in [1.54, 1.807) is 0 Å². The van der Waals surface area contributed by atoms with E-state index in [0.29, 0.717) is 89.6 Å². The van der Waals surface area contributed by atoms with Gasteiger partial charge in [0.05, 0.1) is 26.4 Å². The Morgan fingerprint density at radius 1 is 0.386 bits per heavy atom. The van der Waals surface area contributed by atoms with E-state index in [2.05, 4.69) is 13.8 Å². The van der Waals surface area contributed by atoms with Crippen LogP contribution in [0.3, 0.4) is 0 Å². The minimum absolute atomic E-state index is 0.140. The van der Waals surface area contributed by atoms with Crippen molar-refractivity contribution in [2.45, 2.75) is 170 Å². The average molecular weight is 629 g/mol. The summed E-state index contributed by atoms with van der Waals surface area (Å²) in [6, 6.07) is 0. The van der Waals surface area contributed by atoms with Gasteiger partial charge >= 0.3 is 23.9 Å². The summed E-state index contributed by atoms with van der Waals surface area (Å²) < 4.78 is 20.5. The van der Waals surface area contributed by atoms with Crippen LogP contribution < -0.4 is 0 Å². The first-order chi connectivity index (χ1) is 21.1. The second-order valence-corrected chi connectivity index (χ2v) is 12.5. The van der Waals surface area contributed by atoms with Crippen molar-refractivity contribution in [3.63, 3.8) is 0 Å². The van der Waals surface area contributed by atoms with Crippen LogP contribution in [0.5, 0.6) is 0 Å². The molecule has 0 saturated heterocycles. The zero-order valence-corrected chi connectivity index (χ0v) is 29.4. The molecule has 0 aliphatic rings. The van der Waals surface area contributed by atoms with E-state index in [0.717, 1.165) is 25.7 Å². The third kappa shape index (κ3) is 37.9. The maximum Gasteiger partial charge on any atom is 0.305 e. The first-order valence-electron chi connectivity index (χ1n) is 17.7. The Morgan fingerprint density at radius 2 is 0.659 bits per heavy atom. The predicted molar refractivity (Wildman–Crippen MR) is 177 cm³/mol. The van der Waals surface area contributed by atoms with Crippen LogP contribution in [0.2, 0.25) is 0 Å². The van der Waals surface area contributed by atoms with Crippen LogP contribution >= 0.6 is 0 Å². The SMILES string of the molecule is CC(C)COC(=O)CCCCC(=O)OCC(C)C.CCCCCCCCOC(=O)CCCCC(=O)OCCCCCCCC. The largest absolute Gasteiger partial charge is 0.466 e. The zero-order valence-electron chi connectivity index (χ0n) is 29.4. The van der Waals surface area contributed by atoms with Crippen LogP contribution in [0.25, 0.3) is 0 Å². The molecule has 0 bridgehead atoms. The van der Waals surface area contributed by atoms with Crippen molar-refractivity contribution >= 4 is 23.9 Å². The molecule has 44 heavy (non-hydrogen) atoms. The molecule has 0 saturated carbocycles.